The first-order chi connectivity index (χ1) is 8.05. The molecule has 0 aromatic carbocycles. The highest BCUT2D eigenvalue weighted by molar-refractivity contribution is 4.98. The summed E-state index contributed by atoms with van der Waals surface area (Å²) in [4.78, 5) is 2.77. The highest BCUT2D eigenvalue weighted by Gasteiger charge is 2.42. The van der Waals surface area contributed by atoms with Gasteiger partial charge < -0.3 is 5.32 Å². The topological polar surface area (TPSA) is 15.3 Å². The van der Waals surface area contributed by atoms with Crippen molar-refractivity contribution in [2.24, 2.45) is 11.8 Å². The molecular formula is C15H30N2. The van der Waals surface area contributed by atoms with Gasteiger partial charge in [-0.2, -0.15) is 0 Å². The van der Waals surface area contributed by atoms with E-state index in [1.165, 1.54) is 45.3 Å². The van der Waals surface area contributed by atoms with Crippen LogP contribution in [-0.4, -0.2) is 36.1 Å². The number of hydrogen-bond donors (Lipinski definition) is 1. The molecule has 0 bridgehead atoms. The first kappa shape index (κ1) is 13.4. The molecule has 1 saturated heterocycles. The Kier molecular flexibility index (Phi) is 4.14. The van der Waals surface area contributed by atoms with Crippen LogP contribution in [0.3, 0.4) is 0 Å². The van der Waals surface area contributed by atoms with Crippen molar-refractivity contribution in [3.8, 4) is 0 Å². The maximum Gasteiger partial charge on any atom is 0.0220 e. The fourth-order valence-electron chi connectivity index (χ4n) is 3.19. The van der Waals surface area contributed by atoms with Crippen LogP contribution in [0.1, 0.15) is 53.4 Å². The molecule has 17 heavy (non-hydrogen) atoms. The molecule has 0 radical (unpaired) electrons. The van der Waals surface area contributed by atoms with Gasteiger partial charge in [0.15, 0.2) is 0 Å². The summed E-state index contributed by atoms with van der Waals surface area (Å²) in [5.74, 6) is 1.75. The average molecular weight is 238 g/mol. The molecule has 2 nitrogen and oxygen atoms in total. The second-order valence-electron chi connectivity index (χ2n) is 6.67. The van der Waals surface area contributed by atoms with Crippen molar-refractivity contribution >= 4 is 0 Å². The SMILES string of the molecule is CCC(C)C1CN(C(C)(C)C2CC2)CCCN1. The van der Waals surface area contributed by atoms with Crippen LogP contribution in [0, 0.1) is 11.8 Å². The highest BCUT2D eigenvalue weighted by Crippen LogP contribution is 2.43. The Balaban J connectivity index is 2.01. The van der Waals surface area contributed by atoms with E-state index in [9.17, 15) is 0 Å². The Morgan fingerprint density at radius 3 is 2.65 bits per heavy atom. The molecular weight excluding hydrogens is 208 g/mol. The molecule has 2 rings (SSSR count). The Labute approximate surface area is 107 Å². The van der Waals surface area contributed by atoms with Crippen molar-refractivity contribution in [2.75, 3.05) is 19.6 Å². The largest absolute Gasteiger partial charge is 0.312 e. The summed E-state index contributed by atoms with van der Waals surface area (Å²) in [5.41, 5.74) is 0.428. The molecule has 1 aliphatic heterocycles. The van der Waals surface area contributed by atoms with Crippen LogP contribution in [-0.2, 0) is 0 Å². The lowest BCUT2D eigenvalue weighted by atomic mass is 9.93. The second kappa shape index (κ2) is 5.27. The molecule has 2 unspecified atom stereocenters. The van der Waals surface area contributed by atoms with Crippen molar-refractivity contribution in [1.29, 1.82) is 0 Å². The molecule has 1 saturated carbocycles. The maximum absolute atomic E-state index is 3.75. The van der Waals surface area contributed by atoms with Gasteiger partial charge in [-0.3, -0.25) is 4.90 Å². The molecule has 1 N–H and O–H groups in total. The summed E-state index contributed by atoms with van der Waals surface area (Å²) in [5, 5.41) is 3.75. The number of rotatable bonds is 4. The highest BCUT2D eigenvalue weighted by atomic mass is 15.2. The van der Waals surface area contributed by atoms with Gasteiger partial charge >= 0.3 is 0 Å². The van der Waals surface area contributed by atoms with Gasteiger partial charge in [0.25, 0.3) is 0 Å². The maximum atomic E-state index is 3.75. The van der Waals surface area contributed by atoms with Crippen LogP contribution >= 0.6 is 0 Å². The van der Waals surface area contributed by atoms with Gasteiger partial charge in [0.1, 0.15) is 0 Å². The van der Waals surface area contributed by atoms with Crippen molar-refractivity contribution < 1.29 is 0 Å². The number of nitrogens with one attached hydrogen (secondary N) is 1. The molecule has 0 amide bonds. The van der Waals surface area contributed by atoms with Crippen LogP contribution < -0.4 is 5.32 Å². The van der Waals surface area contributed by atoms with E-state index in [0.29, 0.717) is 11.6 Å². The third-order valence-corrected chi connectivity index (χ3v) is 5.15. The monoisotopic (exact) mass is 238 g/mol. The van der Waals surface area contributed by atoms with Crippen LogP contribution in [0.4, 0.5) is 0 Å². The minimum Gasteiger partial charge on any atom is -0.312 e. The van der Waals surface area contributed by atoms with E-state index in [4.69, 9.17) is 0 Å². The van der Waals surface area contributed by atoms with Gasteiger partial charge in [0.05, 0.1) is 0 Å². The molecule has 0 spiro atoms. The summed E-state index contributed by atoms with van der Waals surface area (Å²) in [6.07, 6.45) is 5.49. The van der Waals surface area contributed by atoms with Gasteiger partial charge in [-0.1, -0.05) is 20.3 Å². The minimum atomic E-state index is 0.428. The van der Waals surface area contributed by atoms with Gasteiger partial charge in [-0.25, -0.2) is 0 Å². The third kappa shape index (κ3) is 3.03. The lowest BCUT2D eigenvalue weighted by molar-refractivity contribution is 0.0892. The summed E-state index contributed by atoms with van der Waals surface area (Å²) in [6.45, 7) is 13.4. The summed E-state index contributed by atoms with van der Waals surface area (Å²) in [6, 6.07) is 0.695. The molecule has 0 aromatic heterocycles. The van der Waals surface area contributed by atoms with E-state index >= 15 is 0 Å². The van der Waals surface area contributed by atoms with Crippen molar-refractivity contribution in [1.82, 2.24) is 10.2 Å². The number of nitrogens with zero attached hydrogens (tertiary/aromatic N) is 1. The Hall–Kier alpha value is -0.0800. The molecule has 0 aromatic rings. The van der Waals surface area contributed by atoms with E-state index < -0.39 is 0 Å². The van der Waals surface area contributed by atoms with E-state index in [0.717, 1.165) is 11.8 Å². The van der Waals surface area contributed by atoms with E-state index in [1.807, 2.05) is 0 Å². The molecule has 2 atom stereocenters. The zero-order chi connectivity index (χ0) is 12.5. The van der Waals surface area contributed by atoms with Crippen molar-refractivity contribution in [2.45, 2.75) is 65.0 Å². The lowest BCUT2D eigenvalue weighted by Crippen LogP contribution is -2.51. The predicted molar refractivity (Wildman–Crippen MR) is 74.2 cm³/mol. The van der Waals surface area contributed by atoms with Gasteiger partial charge in [0, 0.05) is 18.1 Å². The van der Waals surface area contributed by atoms with Gasteiger partial charge in [-0.05, 0) is 58.0 Å². The first-order valence-corrected chi connectivity index (χ1v) is 7.54. The zero-order valence-electron chi connectivity index (χ0n) is 12.1. The van der Waals surface area contributed by atoms with Crippen molar-refractivity contribution in [3.05, 3.63) is 0 Å². The zero-order valence-corrected chi connectivity index (χ0v) is 12.1. The summed E-state index contributed by atoms with van der Waals surface area (Å²) < 4.78 is 0. The Morgan fingerprint density at radius 1 is 1.35 bits per heavy atom. The smallest absolute Gasteiger partial charge is 0.0220 e. The van der Waals surface area contributed by atoms with Crippen LogP contribution in [0.5, 0.6) is 0 Å². The fraction of sp³-hybridized carbons (Fsp3) is 1.00. The van der Waals surface area contributed by atoms with Crippen molar-refractivity contribution in [3.63, 3.8) is 0 Å². The standard InChI is InChI=1S/C15H30N2/c1-5-12(2)14-11-17(10-6-9-16-14)15(3,4)13-7-8-13/h12-14,16H,5-11H2,1-4H3. The molecule has 1 aliphatic carbocycles. The molecule has 2 aliphatic rings. The Bertz CT molecular complexity index is 245. The number of hydrogen-bond acceptors (Lipinski definition) is 2. The molecule has 2 fully saturated rings. The van der Waals surface area contributed by atoms with E-state index in [2.05, 4.69) is 37.9 Å². The van der Waals surface area contributed by atoms with E-state index in [1.54, 1.807) is 0 Å². The van der Waals surface area contributed by atoms with Gasteiger partial charge in [-0.15, -0.1) is 0 Å². The van der Waals surface area contributed by atoms with E-state index in [-0.39, 0.29) is 0 Å². The van der Waals surface area contributed by atoms with Gasteiger partial charge in [0.2, 0.25) is 0 Å². The lowest BCUT2D eigenvalue weighted by Gasteiger charge is -2.40. The first-order valence-electron chi connectivity index (χ1n) is 7.54. The molecule has 1 heterocycles. The fourth-order valence-corrected chi connectivity index (χ4v) is 3.19. The molecule has 2 heteroatoms. The average Bonchev–Trinajstić information content (AvgIpc) is 3.13. The van der Waals surface area contributed by atoms with Crippen LogP contribution in [0.15, 0.2) is 0 Å². The molecule has 100 valence electrons. The quantitative estimate of drug-likeness (QED) is 0.810. The van der Waals surface area contributed by atoms with Crippen LogP contribution in [0.25, 0.3) is 0 Å². The second-order valence-corrected chi connectivity index (χ2v) is 6.67. The van der Waals surface area contributed by atoms with Crippen LogP contribution in [0.2, 0.25) is 0 Å². The summed E-state index contributed by atoms with van der Waals surface area (Å²) >= 11 is 0. The predicted octanol–water partition coefficient (Wildman–Crippen LogP) is 2.89. The third-order valence-electron chi connectivity index (χ3n) is 5.15. The Morgan fingerprint density at radius 2 is 2.06 bits per heavy atom. The normalized spacial score (nSPS) is 30.0. The minimum absolute atomic E-state index is 0.428. The summed E-state index contributed by atoms with van der Waals surface area (Å²) in [7, 11) is 0.